The molecule has 2 N–H and O–H groups in total. The van der Waals surface area contributed by atoms with Gasteiger partial charge in [-0.05, 0) is 25.1 Å². The van der Waals surface area contributed by atoms with Crippen molar-refractivity contribution in [1.82, 2.24) is 4.98 Å². The molecule has 0 aliphatic heterocycles. The summed E-state index contributed by atoms with van der Waals surface area (Å²) in [6.07, 6.45) is 1.57. The Balaban J connectivity index is 1.77. The Kier molecular flexibility index (Phi) is 4.73. The second kappa shape index (κ2) is 6.93. The number of hydrogen-bond donors (Lipinski definition) is 2. The van der Waals surface area contributed by atoms with Crippen molar-refractivity contribution in [3.8, 4) is 17.0 Å². The van der Waals surface area contributed by atoms with E-state index in [0.29, 0.717) is 10.7 Å². The fourth-order valence-electron chi connectivity index (χ4n) is 2.09. The van der Waals surface area contributed by atoms with Crippen LogP contribution in [0.15, 0.2) is 58.1 Å². The number of halogens is 1. The molecule has 0 saturated carbocycles. The van der Waals surface area contributed by atoms with Gasteiger partial charge < -0.3 is 5.11 Å². The molecule has 0 radical (unpaired) electrons. The molecule has 1 heterocycles. The predicted octanol–water partition coefficient (Wildman–Crippen LogP) is 5.03. The second-order valence-corrected chi connectivity index (χ2v) is 6.98. The predicted molar refractivity (Wildman–Crippen MR) is 99.3 cm³/mol. The maximum atomic E-state index is 9.78. The molecule has 0 fully saturated rings. The third-order valence-electron chi connectivity index (χ3n) is 3.20. The first-order chi connectivity index (χ1) is 11.1. The summed E-state index contributed by atoms with van der Waals surface area (Å²) in [7, 11) is 0. The first kappa shape index (κ1) is 15.7. The molecular weight excluding hydrogens is 374 g/mol. The Bertz CT molecular complexity index is 846. The van der Waals surface area contributed by atoms with Gasteiger partial charge in [-0.2, -0.15) is 5.10 Å². The molecule has 0 spiro atoms. The van der Waals surface area contributed by atoms with Gasteiger partial charge >= 0.3 is 0 Å². The molecule has 4 nitrogen and oxygen atoms in total. The summed E-state index contributed by atoms with van der Waals surface area (Å²) in [5, 5.41) is 14.6. The topological polar surface area (TPSA) is 57.5 Å². The number of anilines is 1. The normalized spacial score (nSPS) is 11.0. The highest BCUT2D eigenvalue weighted by Gasteiger charge is 2.08. The molecule has 0 atom stereocenters. The minimum atomic E-state index is 0.180. The molecule has 23 heavy (non-hydrogen) atoms. The number of hydrogen-bond acceptors (Lipinski definition) is 5. The summed E-state index contributed by atoms with van der Waals surface area (Å²) in [5.41, 5.74) is 5.59. The van der Waals surface area contributed by atoms with Crippen LogP contribution in [0.3, 0.4) is 0 Å². The van der Waals surface area contributed by atoms with E-state index in [9.17, 15) is 5.11 Å². The van der Waals surface area contributed by atoms with Crippen molar-refractivity contribution >= 4 is 38.6 Å². The van der Waals surface area contributed by atoms with Gasteiger partial charge in [-0.1, -0.05) is 46.3 Å². The Morgan fingerprint density at radius 2 is 2.00 bits per heavy atom. The van der Waals surface area contributed by atoms with Crippen molar-refractivity contribution in [3.63, 3.8) is 0 Å². The van der Waals surface area contributed by atoms with Gasteiger partial charge in [-0.3, -0.25) is 5.43 Å². The van der Waals surface area contributed by atoms with Gasteiger partial charge in [0.1, 0.15) is 5.75 Å². The standard InChI is InChI=1S/C17H14BrN3OS/c1-11-16(12-5-3-2-4-6-12)20-17(23-11)21-19-10-13-9-14(18)7-8-15(13)22/h2-10,22H,1H3,(H,20,21)/b19-10+. The van der Waals surface area contributed by atoms with Crippen molar-refractivity contribution in [2.75, 3.05) is 5.43 Å². The molecule has 0 saturated heterocycles. The number of phenolic OH excluding ortho intramolecular Hbond substituents is 1. The maximum Gasteiger partial charge on any atom is 0.204 e. The minimum Gasteiger partial charge on any atom is -0.507 e. The molecule has 0 amide bonds. The van der Waals surface area contributed by atoms with Crippen LogP contribution in [0.25, 0.3) is 11.3 Å². The van der Waals surface area contributed by atoms with Crippen LogP contribution < -0.4 is 5.43 Å². The molecule has 3 aromatic rings. The minimum absolute atomic E-state index is 0.180. The van der Waals surface area contributed by atoms with E-state index in [0.717, 1.165) is 20.6 Å². The summed E-state index contributed by atoms with van der Waals surface area (Å²) in [5.74, 6) is 0.180. The van der Waals surface area contributed by atoms with Gasteiger partial charge in [0.05, 0.1) is 11.9 Å². The largest absolute Gasteiger partial charge is 0.507 e. The number of nitrogens with zero attached hydrogens (tertiary/aromatic N) is 2. The lowest BCUT2D eigenvalue weighted by Gasteiger charge is -1.99. The van der Waals surface area contributed by atoms with Crippen molar-refractivity contribution < 1.29 is 5.11 Å². The maximum absolute atomic E-state index is 9.78. The van der Waals surface area contributed by atoms with Gasteiger partial charge in [-0.25, -0.2) is 4.98 Å². The number of aryl methyl sites for hydroxylation is 1. The number of phenols is 1. The van der Waals surface area contributed by atoms with Crippen molar-refractivity contribution in [1.29, 1.82) is 0 Å². The molecule has 0 aliphatic carbocycles. The van der Waals surface area contributed by atoms with Crippen molar-refractivity contribution in [2.24, 2.45) is 5.10 Å². The summed E-state index contributed by atoms with van der Waals surface area (Å²) in [6, 6.07) is 15.2. The highest BCUT2D eigenvalue weighted by atomic mass is 79.9. The highest BCUT2D eigenvalue weighted by Crippen LogP contribution is 2.30. The number of benzene rings is 2. The zero-order chi connectivity index (χ0) is 16.2. The Morgan fingerprint density at radius 3 is 2.78 bits per heavy atom. The third-order valence-corrected chi connectivity index (χ3v) is 4.57. The highest BCUT2D eigenvalue weighted by molar-refractivity contribution is 9.10. The number of aromatic nitrogens is 1. The molecule has 2 aromatic carbocycles. The van der Waals surface area contributed by atoms with Gasteiger partial charge in [-0.15, -0.1) is 11.3 Å². The smallest absolute Gasteiger partial charge is 0.204 e. The third kappa shape index (κ3) is 3.78. The molecule has 1 aromatic heterocycles. The van der Waals surface area contributed by atoms with Crippen LogP contribution >= 0.6 is 27.3 Å². The van der Waals surface area contributed by atoms with Crippen LogP contribution in [0, 0.1) is 6.92 Å². The molecule has 0 bridgehead atoms. The molecule has 116 valence electrons. The molecule has 3 rings (SSSR count). The van der Waals surface area contributed by atoms with Crippen LogP contribution in [0.1, 0.15) is 10.4 Å². The second-order valence-electron chi connectivity index (χ2n) is 4.86. The van der Waals surface area contributed by atoms with E-state index in [2.05, 4.69) is 31.4 Å². The van der Waals surface area contributed by atoms with E-state index < -0.39 is 0 Å². The fraction of sp³-hybridized carbons (Fsp3) is 0.0588. The Labute approximate surface area is 146 Å². The average molecular weight is 388 g/mol. The number of aromatic hydroxyl groups is 1. The molecule has 0 aliphatic rings. The molecular formula is C17H14BrN3OS. The lowest BCUT2D eigenvalue weighted by Crippen LogP contribution is -1.90. The lowest BCUT2D eigenvalue weighted by molar-refractivity contribution is 0.474. The summed E-state index contributed by atoms with van der Waals surface area (Å²) < 4.78 is 0.883. The van der Waals surface area contributed by atoms with Gasteiger partial charge in [0.15, 0.2) is 0 Å². The van der Waals surface area contributed by atoms with E-state index in [1.807, 2.05) is 37.3 Å². The Morgan fingerprint density at radius 1 is 1.22 bits per heavy atom. The van der Waals surface area contributed by atoms with Crippen LogP contribution in [0.5, 0.6) is 5.75 Å². The quantitative estimate of drug-likeness (QED) is 0.487. The first-order valence-electron chi connectivity index (χ1n) is 6.94. The summed E-state index contributed by atoms with van der Waals surface area (Å²) in [6.45, 7) is 2.04. The van der Waals surface area contributed by atoms with E-state index in [4.69, 9.17) is 0 Å². The van der Waals surface area contributed by atoms with Gasteiger partial charge in [0.2, 0.25) is 5.13 Å². The van der Waals surface area contributed by atoms with Crippen LogP contribution in [0.4, 0.5) is 5.13 Å². The van der Waals surface area contributed by atoms with Crippen LogP contribution in [0.2, 0.25) is 0 Å². The van der Waals surface area contributed by atoms with E-state index in [1.165, 1.54) is 0 Å². The zero-order valence-corrected chi connectivity index (χ0v) is 14.7. The lowest BCUT2D eigenvalue weighted by atomic mass is 10.1. The summed E-state index contributed by atoms with van der Waals surface area (Å²) in [4.78, 5) is 5.70. The van der Waals surface area contributed by atoms with E-state index in [-0.39, 0.29) is 5.75 Å². The number of rotatable bonds is 4. The molecule has 6 heteroatoms. The fourth-order valence-corrected chi connectivity index (χ4v) is 3.26. The van der Waals surface area contributed by atoms with Crippen LogP contribution in [-0.4, -0.2) is 16.3 Å². The SMILES string of the molecule is Cc1sc(N/N=C/c2cc(Br)ccc2O)nc1-c1ccccc1. The van der Waals surface area contributed by atoms with E-state index in [1.54, 1.807) is 35.8 Å². The summed E-state index contributed by atoms with van der Waals surface area (Å²) >= 11 is 4.91. The monoisotopic (exact) mass is 387 g/mol. The number of hydrazone groups is 1. The number of thiazole rings is 1. The first-order valence-corrected chi connectivity index (χ1v) is 8.55. The van der Waals surface area contributed by atoms with E-state index >= 15 is 0 Å². The van der Waals surface area contributed by atoms with Crippen molar-refractivity contribution in [3.05, 3.63) is 63.4 Å². The van der Waals surface area contributed by atoms with Crippen LogP contribution in [-0.2, 0) is 0 Å². The zero-order valence-electron chi connectivity index (χ0n) is 12.3. The molecule has 0 unspecified atom stereocenters. The average Bonchev–Trinajstić information content (AvgIpc) is 2.92. The number of nitrogens with one attached hydrogen (secondary N) is 1. The van der Waals surface area contributed by atoms with Gasteiger partial charge in [0.25, 0.3) is 0 Å². The van der Waals surface area contributed by atoms with Crippen molar-refractivity contribution in [2.45, 2.75) is 6.92 Å². The van der Waals surface area contributed by atoms with Gasteiger partial charge in [0, 0.05) is 20.5 Å². The Hall–Kier alpha value is -2.18.